The Kier molecular flexibility index (Phi) is 5.83. The first-order chi connectivity index (χ1) is 16.3. The maximum atomic E-state index is 13.2. The average molecular weight is 486 g/mol. The smallest absolute Gasteiger partial charge is 0.251 e. The zero-order chi connectivity index (χ0) is 24.0. The number of carbonyl (C=O) groups excluding carboxylic acids is 2. The number of fused-ring (bicyclic) bond motifs is 1. The molecule has 2 saturated heterocycles. The molecule has 2 aromatic carbocycles. The van der Waals surface area contributed by atoms with Gasteiger partial charge < -0.3 is 9.47 Å². The second kappa shape index (κ2) is 8.68. The van der Waals surface area contributed by atoms with Crippen LogP contribution in [0.1, 0.15) is 17.5 Å². The number of anilines is 1. The molecule has 3 aliphatic rings. The molecule has 1 atom stereocenters. The van der Waals surface area contributed by atoms with Crippen molar-refractivity contribution in [3.05, 3.63) is 47.5 Å². The lowest BCUT2D eigenvalue weighted by molar-refractivity contribution is -0.123. The number of aryl methyl sites for hydroxylation is 2. The van der Waals surface area contributed by atoms with Gasteiger partial charge in [-0.25, -0.2) is 13.3 Å². The van der Waals surface area contributed by atoms with Crippen LogP contribution in [0.5, 0.6) is 11.5 Å². The summed E-state index contributed by atoms with van der Waals surface area (Å²) in [6, 6.07) is 9.70. The fourth-order valence-electron chi connectivity index (χ4n) is 4.80. The van der Waals surface area contributed by atoms with Gasteiger partial charge in [-0.3, -0.25) is 14.5 Å². The zero-order valence-electron chi connectivity index (χ0n) is 19.2. The van der Waals surface area contributed by atoms with Gasteiger partial charge in [0.25, 0.3) is 5.91 Å². The van der Waals surface area contributed by atoms with Crippen LogP contribution in [-0.4, -0.2) is 74.9 Å². The van der Waals surface area contributed by atoms with Crippen LogP contribution in [-0.2, 0) is 19.6 Å². The van der Waals surface area contributed by atoms with Crippen molar-refractivity contribution >= 4 is 27.5 Å². The number of amides is 2. The zero-order valence-corrected chi connectivity index (χ0v) is 20.0. The highest BCUT2D eigenvalue weighted by Gasteiger charge is 2.44. The summed E-state index contributed by atoms with van der Waals surface area (Å²) in [6.45, 7) is 5.87. The molecule has 9 nitrogen and oxygen atoms in total. The number of piperazine rings is 1. The highest BCUT2D eigenvalue weighted by Crippen LogP contribution is 2.34. The van der Waals surface area contributed by atoms with Crippen LogP contribution < -0.4 is 14.4 Å². The number of carbonyl (C=O) groups is 2. The molecule has 3 aliphatic heterocycles. The first-order valence-electron chi connectivity index (χ1n) is 11.3. The number of hydrogen-bond acceptors (Lipinski definition) is 7. The molecule has 0 unspecified atom stereocenters. The van der Waals surface area contributed by atoms with Crippen molar-refractivity contribution in [3.63, 3.8) is 0 Å². The van der Waals surface area contributed by atoms with Crippen molar-refractivity contribution in [1.82, 2.24) is 9.21 Å². The molecular weight excluding hydrogens is 458 g/mol. The van der Waals surface area contributed by atoms with Crippen molar-refractivity contribution in [2.45, 2.75) is 31.2 Å². The number of rotatable bonds is 4. The minimum Gasteiger partial charge on any atom is -0.486 e. The third kappa shape index (κ3) is 3.95. The Balaban J connectivity index is 1.28. The second-order valence-electron chi connectivity index (χ2n) is 8.82. The molecular formula is C24H27N3O6S. The van der Waals surface area contributed by atoms with Crippen molar-refractivity contribution in [3.8, 4) is 11.5 Å². The molecule has 10 heteroatoms. The fourth-order valence-corrected chi connectivity index (χ4v) is 6.24. The molecule has 2 fully saturated rings. The summed E-state index contributed by atoms with van der Waals surface area (Å²) in [5, 5.41) is 0. The molecule has 34 heavy (non-hydrogen) atoms. The highest BCUT2D eigenvalue weighted by molar-refractivity contribution is 7.89. The van der Waals surface area contributed by atoms with Crippen LogP contribution in [0.3, 0.4) is 0 Å². The van der Waals surface area contributed by atoms with E-state index in [1.807, 2.05) is 30.9 Å². The standard InChI is InChI=1S/C24H27N3O6S/c1-16-3-5-19(17(2)13-16)27-23(28)15-20(24(27)29)25-7-9-26(10-8-25)34(30,31)18-4-6-21-22(14-18)33-12-11-32-21/h3-6,13-14,20H,7-12,15H2,1-2H3/t20-/m1/s1. The first kappa shape index (κ1) is 22.8. The monoisotopic (exact) mass is 485 g/mol. The lowest BCUT2D eigenvalue weighted by Crippen LogP contribution is -2.53. The minimum absolute atomic E-state index is 0.0983. The average Bonchev–Trinajstić information content (AvgIpc) is 3.12. The van der Waals surface area contributed by atoms with Crippen LogP contribution in [0.25, 0.3) is 0 Å². The van der Waals surface area contributed by atoms with Gasteiger partial charge >= 0.3 is 0 Å². The molecule has 0 N–H and O–H groups in total. The molecule has 0 saturated carbocycles. The third-order valence-electron chi connectivity index (χ3n) is 6.58. The van der Waals surface area contributed by atoms with Crippen molar-refractivity contribution in [2.24, 2.45) is 0 Å². The summed E-state index contributed by atoms with van der Waals surface area (Å²) in [5.41, 5.74) is 2.55. The minimum atomic E-state index is -3.72. The molecule has 0 spiro atoms. The van der Waals surface area contributed by atoms with E-state index in [0.29, 0.717) is 43.5 Å². The normalized spacial score (nSPS) is 21.8. The van der Waals surface area contributed by atoms with Crippen molar-refractivity contribution < 1.29 is 27.5 Å². The van der Waals surface area contributed by atoms with E-state index in [0.717, 1.165) is 11.1 Å². The van der Waals surface area contributed by atoms with Gasteiger partial charge in [-0.1, -0.05) is 17.7 Å². The van der Waals surface area contributed by atoms with Crippen molar-refractivity contribution in [2.75, 3.05) is 44.3 Å². The Morgan fingerprint density at radius 2 is 1.59 bits per heavy atom. The maximum Gasteiger partial charge on any atom is 0.251 e. The van der Waals surface area contributed by atoms with Gasteiger partial charge in [0.05, 0.1) is 23.0 Å². The fraction of sp³-hybridized carbons (Fsp3) is 0.417. The Morgan fingerprint density at radius 3 is 2.29 bits per heavy atom. The molecule has 0 aromatic heterocycles. The van der Waals surface area contributed by atoms with Crippen molar-refractivity contribution in [1.29, 1.82) is 0 Å². The Bertz CT molecular complexity index is 1250. The summed E-state index contributed by atoms with van der Waals surface area (Å²) in [5.74, 6) is 0.480. The number of hydrogen-bond donors (Lipinski definition) is 0. The van der Waals surface area contributed by atoms with Gasteiger partial charge in [0.15, 0.2) is 11.5 Å². The van der Waals surface area contributed by atoms with Gasteiger partial charge in [0.2, 0.25) is 15.9 Å². The van der Waals surface area contributed by atoms with E-state index in [4.69, 9.17) is 9.47 Å². The second-order valence-corrected chi connectivity index (χ2v) is 10.8. The molecule has 0 bridgehead atoms. The van der Waals surface area contributed by atoms with Gasteiger partial charge in [-0.2, -0.15) is 4.31 Å². The lowest BCUT2D eigenvalue weighted by atomic mass is 10.1. The Morgan fingerprint density at radius 1 is 0.882 bits per heavy atom. The van der Waals surface area contributed by atoms with Crippen LogP contribution in [0.2, 0.25) is 0 Å². The molecule has 2 amide bonds. The Labute approximate surface area is 198 Å². The van der Waals surface area contributed by atoms with E-state index < -0.39 is 16.1 Å². The van der Waals surface area contributed by atoms with E-state index >= 15 is 0 Å². The molecule has 5 rings (SSSR count). The quantitative estimate of drug-likeness (QED) is 0.609. The van der Waals surface area contributed by atoms with E-state index in [1.54, 1.807) is 12.1 Å². The van der Waals surface area contributed by atoms with Crippen LogP contribution in [0, 0.1) is 13.8 Å². The largest absolute Gasteiger partial charge is 0.486 e. The summed E-state index contributed by atoms with van der Waals surface area (Å²) in [7, 11) is -3.72. The predicted octanol–water partition coefficient (Wildman–Crippen LogP) is 1.71. The van der Waals surface area contributed by atoms with Gasteiger partial charge in [0.1, 0.15) is 13.2 Å². The summed E-state index contributed by atoms with van der Waals surface area (Å²) < 4.78 is 38.8. The number of sulfonamides is 1. The molecule has 0 radical (unpaired) electrons. The molecule has 0 aliphatic carbocycles. The predicted molar refractivity (Wildman–Crippen MR) is 125 cm³/mol. The van der Waals surface area contributed by atoms with Crippen LogP contribution >= 0.6 is 0 Å². The molecule has 2 aromatic rings. The Hall–Kier alpha value is -2.95. The van der Waals surface area contributed by atoms with Gasteiger partial charge in [-0.05, 0) is 37.6 Å². The maximum absolute atomic E-state index is 13.2. The number of benzene rings is 2. The van der Waals surface area contributed by atoms with Gasteiger partial charge in [0, 0.05) is 32.2 Å². The first-order valence-corrected chi connectivity index (χ1v) is 12.8. The SMILES string of the molecule is Cc1ccc(N2C(=O)C[C@@H](N3CCN(S(=O)(=O)c4ccc5c(c4)OCCO5)CC3)C2=O)c(C)c1. The lowest BCUT2D eigenvalue weighted by Gasteiger charge is -2.36. The molecule has 3 heterocycles. The van der Waals surface area contributed by atoms with E-state index in [2.05, 4.69) is 0 Å². The number of imide groups is 1. The molecule has 180 valence electrons. The van der Waals surface area contributed by atoms with Crippen LogP contribution in [0.4, 0.5) is 5.69 Å². The van der Waals surface area contributed by atoms with E-state index in [-0.39, 0.29) is 36.2 Å². The van der Waals surface area contributed by atoms with Crippen LogP contribution in [0.15, 0.2) is 41.3 Å². The summed E-state index contributed by atoms with van der Waals surface area (Å²) in [4.78, 5) is 29.3. The third-order valence-corrected chi connectivity index (χ3v) is 8.48. The topological polar surface area (TPSA) is 96.5 Å². The number of nitrogens with zero attached hydrogens (tertiary/aromatic N) is 3. The van der Waals surface area contributed by atoms with Gasteiger partial charge in [-0.15, -0.1) is 0 Å². The summed E-state index contributed by atoms with van der Waals surface area (Å²) in [6.07, 6.45) is 0.0983. The van der Waals surface area contributed by atoms with E-state index in [1.165, 1.54) is 21.3 Å². The highest BCUT2D eigenvalue weighted by atomic mass is 32.2. The number of ether oxygens (including phenoxy) is 2. The van der Waals surface area contributed by atoms with E-state index in [9.17, 15) is 18.0 Å². The summed E-state index contributed by atoms with van der Waals surface area (Å²) >= 11 is 0.